The van der Waals surface area contributed by atoms with E-state index < -0.39 is 0 Å². The average molecular weight is 156 g/mol. The highest BCUT2D eigenvalue weighted by Crippen LogP contribution is 2.13. The summed E-state index contributed by atoms with van der Waals surface area (Å²) in [7, 11) is 0. The first-order valence-corrected chi connectivity index (χ1v) is 4.16. The first kappa shape index (κ1) is 9.53. The topological polar surface area (TPSA) is 31.5 Å². The second-order valence-corrected chi connectivity index (χ2v) is 2.90. The van der Waals surface area contributed by atoms with E-state index in [9.17, 15) is 0 Å². The van der Waals surface area contributed by atoms with Gasteiger partial charge in [0.05, 0.1) is 0 Å². The van der Waals surface area contributed by atoms with Crippen LogP contribution in [0.15, 0.2) is 29.2 Å². The fourth-order valence-electron chi connectivity index (χ4n) is 0.674. The fraction of sp³-hybridized carbons (Fsp3) is 0.250. The molecule has 10 heavy (non-hydrogen) atoms. The molecule has 1 nitrogen and oxygen atoms in total. The molecule has 0 bridgehead atoms. The second-order valence-electron chi connectivity index (χ2n) is 2.02. The van der Waals surface area contributed by atoms with Crippen LogP contribution in [-0.2, 0) is 0 Å². The van der Waals surface area contributed by atoms with Crippen LogP contribution in [0.5, 0.6) is 0 Å². The summed E-state index contributed by atoms with van der Waals surface area (Å²) in [6, 6.07) is 8.54. The number of rotatable bonds is 1. The minimum Gasteiger partial charge on any atom is -0.412 e. The summed E-state index contributed by atoms with van der Waals surface area (Å²) >= 11 is 1.78. The molecule has 2 heteroatoms. The summed E-state index contributed by atoms with van der Waals surface area (Å²) in [6.07, 6.45) is 2.09. The van der Waals surface area contributed by atoms with Gasteiger partial charge in [0.15, 0.2) is 0 Å². The van der Waals surface area contributed by atoms with Gasteiger partial charge in [-0.25, -0.2) is 0 Å². The Morgan fingerprint density at radius 2 is 1.60 bits per heavy atom. The molecular weight excluding hydrogens is 144 g/mol. The molecule has 0 spiro atoms. The molecule has 56 valence electrons. The lowest BCUT2D eigenvalue weighted by atomic mass is 10.2. The molecular formula is C8H12OS. The predicted octanol–water partition coefficient (Wildman–Crippen LogP) is 1.89. The van der Waals surface area contributed by atoms with Gasteiger partial charge in [-0.3, -0.25) is 0 Å². The van der Waals surface area contributed by atoms with E-state index in [-0.39, 0.29) is 5.48 Å². The van der Waals surface area contributed by atoms with Crippen molar-refractivity contribution in [1.82, 2.24) is 0 Å². The average Bonchev–Trinajstić information content (AvgIpc) is 1.90. The Kier molecular flexibility index (Phi) is 4.16. The van der Waals surface area contributed by atoms with Crippen LogP contribution >= 0.6 is 11.8 Å². The van der Waals surface area contributed by atoms with Crippen molar-refractivity contribution in [2.45, 2.75) is 11.8 Å². The normalized spacial score (nSPS) is 8.60. The zero-order valence-corrected chi connectivity index (χ0v) is 7.03. The van der Waals surface area contributed by atoms with Crippen LogP contribution in [-0.4, -0.2) is 11.7 Å². The van der Waals surface area contributed by atoms with Crippen LogP contribution in [0.3, 0.4) is 0 Å². The van der Waals surface area contributed by atoms with Gasteiger partial charge in [-0.1, -0.05) is 17.7 Å². The van der Waals surface area contributed by atoms with E-state index in [1.54, 1.807) is 11.8 Å². The smallest absolute Gasteiger partial charge is 0.00693 e. The van der Waals surface area contributed by atoms with E-state index in [1.807, 2.05) is 0 Å². The Morgan fingerprint density at radius 3 is 2.00 bits per heavy atom. The van der Waals surface area contributed by atoms with Crippen molar-refractivity contribution >= 4 is 11.8 Å². The quantitative estimate of drug-likeness (QED) is 0.571. The summed E-state index contributed by atoms with van der Waals surface area (Å²) in [5.41, 5.74) is 1.33. The van der Waals surface area contributed by atoms with Crippen LogP contribution < -0.4 is 0 Å². The van der Waals surface area contributed by atoms with Crippen molar-refractivity contribution in [3.63, 3.8) is 0 Å². The molecule has 0 fully saturated rings. The van der Waals surface area contributed by atoms with Crippen molar-refractivity contribution in [2.24, 2.45) is 0 Å². The maximum atomic E-state index is 2.14. The maximum Gasteiger partial charge on any atom is 0.00693 e. The van der Waals surface area contributed by atoms with Gasteiger partial charge in [0, 0.05) is 4.90 Å². The van der Waals surface area contributed by atoms with Gasteiger partial charge in [0.1, 0.15) is 0 Å². The molecule has 0 radical (unpaired) electrons. The number of aryl methyl sites for hydroxylation is 1. The van der Waals surface area contributed by atoms with Crippen molar-refractivity contribution < 1.29 is 5.48 Å². The SMILES string of the molecule is CSc1ccc(C)cc1.O. The fourth-order valence-corrected chi connectivity index (χ4v) is 1.08. The molecule has 0 heterocycles. The van der Waals surface area contributed by atoms with Crippen molar-refractivity contribution in [2.75, 3.05) is 6.26 Å². The Morgan fingerprint density at radius 1 is 1.10 bits per heavy atom. The van der Waals surface area contributed by atoms with Gasteiger partial charge in [-0.05, 0) is 25.3 Å². The maximum absolute atomic E-state index is 2.14. The standard InChI is InChI=1S/C8H10S.H2O/c1-7-3-5-8(9-2)6-4-7;/h3-6H,1-2H3;1H2. The number of thioether (sulfide) groups is 1. The zero-order chi connectivity index (χ0) is 6.69. The Balaban J connectivity index is 0.000000810. The molecule has 0 atom stereocenters. The van der Waals surface area contributed by atoms with Gasteiger partial charge in [-0.2, -0.15) is 0 Å². The van der Waals surface area contributed by atoms with Crippen molar-refractivity contribution in [1.29, 1.82) is 0 Å². The predicted molar refractivity (Wildman–Crippen MR) is 46.6 cm³/mol. The highest BCUT2D eigenvalue weighted by Gasteiger charge is 1.85. The Labute approximate surface area is 65.8 Å². The van der Waals surface area contributed by atoms with E-state index in [0.29, 0.717) is 0 Å². The van der Waals surface area contributed by atoms with E-state index in [4.69, 9.17) is 0 Å². The van der Waals surface area contributed by atoms with Gasteiger partial charge in [0.2, 0.25) is 0 Å². The van der Waals surface area contributed by atoms with Gasteiger partial charge in [-0.15, -0.1) is 11.8 Å². The Hall–Kier alpha value is -0.470. The minimum atomic E-state index is 0. The molecule has 0 aromatic heterocycles. The second kappa shape index (κ2) is 4.36. The van der Waals surface area contributed by atoms with E-state index in [0.717, 1.165) is 0 Å². The molecule has 1 aromatic rings. The van der Waals surface area contributed by atoms with Crippen molar-refractivity contribution in [3.05, 3.63) is 29.8 Å². The van der Waals surface area contributed by atoms with Gasteiger partial charge < -0.3 is 5.48 Å². The number of benzene rings is 1. The van der Waals surface area contributed by atoms with E-state index in [2.05, 4.69) is 37.4 Å². The molecule has 0 saturated heterocycles. The van der Waals surface area contributed by atoms with Crippen LogP contribution in [0.1, 0.15) is 5.56 Å². The third-order valence-electron chi connectivity index (χ3n) is 1.26. The zero-order valence-electron chi connectivity index (χ0n) is 6.22. The molecule has 0 aliphatic heterocycles. The van der Waals surface area contributed by atoms with Gasteiger partial charge in [0.25, 0.3) is 0 Å². The molecule has 2 N–H and O–H groups in total. The van der Waals surface area contributed by atoms with Crippen LogP contribution in [0.4, 0.5) is 0 Å². The lowest BCUT2D eigenvalue weighted by Crippen LogP contribution is -1.70. The highest BCUT2D eigenvalue weighted by atomic mass is 32.2. The molecule has 0 aliphatic carbocycles. The van der Waals surface area contributed by atoms with Gasteiger partial charge >= 0.3 is 0 Å². The highest BCUT2D eigenvalue weighted by molar-refractivity contribution is 7.98. The summed E-state index contributed by atoms with van der Waals surface area (Å²) in [6.45, 7) is 2.10. The molecule has 0 aliphatic rings. The Bertz CT molecular complexity index is 181. The summed E-state index contributed by atoms with van der Waals surface area (Å²) in [5.74, 6) is 0. The summed E-state index contributed by atoms with van der Waals surface area (Å²) in [4.78, 5) is 1.33. The molecule has 0 saturated carbocycles. The molecule has 1 aromatic carbocycles. The lowest BCUT2D eigenvalue weighted by molar-refractivity contribution is 0.824. The molecule has 1 rings (SSSR count). The molecule has 0 amide bonds. The minimum absolute atomic E-state index is 0. The first-order chi connectivity index (χ1) is 4.33. The van der Waals surface area contributed by atoms with E-state index >= 15 is 0 Å². The van der Waals surface area contributed by atoms with E-state index in [1.165, 1.54) is 10.5 Å². The van der Waals surface area contributed by atoms with Crippen LogP contribution in [0.2, 0.25) is 0 Å². The monoisotopic (exact) mass is 156 g/mol. The number of hydrogen-bond donors (Lipinski definition) is 0. The summed E-state index contributed by atoms with van der Waals surface area (Å²) in [5, 5.41) is 0. The van der Waals surface area contributed by atoms with Crippen LogP contribution in [0, 0.1) is 6.92 Å². The lowest BCUT2D eigenvalue weighted by Gasteiger charge is -1.93. The largest absolute Gasteiger partial charge is 0.412 e. The first-order valence-electron chi connectivity index (χ1n) is 2.93. The third-order valence-corrected chi connectivity index (χ3v) is 2.00. The third kappa shape index (κ3) is 2.42. The van der Waals surface area contributed by atoms with Crippen molar-refractivity contribution in [3.8, 4) is 0 Å². The van der Waals surface area contributed by atoms with Crippen LogP contribution in [0.25, 0.3) is 0 Å². The summed E-state index contributed by atoms with van der Waals surface area (Å²) < 4.78 is 0. The number of hydrogen-bond acceptors (Lipinski definition) is 1. The molecule has 0 unspecified atom stereocenters.